The molecule has 5 nitrogen and oxygen atoms in total. The van der Waals surface area contributed by atoms with Gasteiger partial charge in [-0.15, -0.1) is 11.3 Å². The summed E-state index contributed by atoms with van der Waals surface area (Å²) >= 11 is 1.67. The molecule has 1 aliphatic rings. The second-order valence-electron chi connectivity index (χ2n) is 6.04. The molecule has 4 rings (SSSR count). The molecule has 0 radical (unpaired) electrons. The van der Waals surface area contributed by atoms with Crippen molar-refractivity contribution >= 4 is 33.2 Å². The highest BCUT2D eigenvalue weighted by atomic mass is 32.1. The number of aryl methyl sites for hydroxylation is 1. The SMILES string of the molecule is Cc1ccc(NCC2CCN(c3ncnc4sccc34)C2)nc1. The average Bonchev–Trinajstić information content (AvgIpc) is 3.23. The van der Waals surface area contributed by atoms with E-state index in [4.69, 9.17) is 0 Å². The summed E-state index contributed by atoms with van der Waals surface area (Å²) in [4.78, 5) is 16.7. The van der Waals surface area contributed by atoms with E-state index in [1.54, 1.807) is 17.7 Å². The van der Waals surface area contributed by atoms with Crippen LogP contribution < -0.4 is 10.2 Å². The minimum absolute atomic E-state index is 0.613. The van der Waals surface area contributed by atoms with Crippen LogP contribution in [0.15, 0.2) is 36.1 Å². The number of hydrogen-bond donors (Lipinski definition) is 1. The van der Waals surface area contributed by atoms with E-state index in [-0.39, 0.29) is 0 Å². The maximum atomic E-state index is 4.51. The molecule has 0 saturated carbocycles. The highest BCUT2D eigenvalue weighted by Crippen LogP contribution is 2.30. The van der Waals surface area contributed by atoms with E-state index in [2.05, 4.69) is 49.6 Å². The summed E-state index contributed by atoms with van der Waals surface area (Å²) in [5.74, 6) is 2.64. The van der Waals surface area contributed by atoms with Gasteiger partial charge in [0.05, 0.1) is 5.39 Å². The molecule has 1 unspecified atom stereocenters. The van der Waals surface area contributed by atoms with Gasteiger partial charge in [0.25, 0.3) is 0 Å². The van der Waals surface area contributed by atoms with Crippen LogP contribution in [0.5, 0.6) is 0 Å². The number of fused-ring (bicyclic) bond motifs is 1. The van der Waals surface area contributed by atoms with E-state index in [0.29, 0.717) is 5.92 Å². The Morgan fingerprint density at radius 3 is 3.09 bits per heavy atom. The van der Waals surface area contributed by atoms with E-state index >= 15 is 0 Å². The van der Waals surface area contributed by atoms with Gasteiger partial charge in [-0.2, -0.15) is 0 Å². The Balaban J connectivity index is 1.41. The van der Waals surface area contributed by atoms with Gasteiger partial charge in [0.1, 0.15) is 22.8 Å². The molecule has 3 aromatic heterocycles. The van der Waals surface area contributed by atoms with E-state index in [1.165, 1.54) is 17.4 Å². The first-order chi connectivity index (χ1) is 11.3. The van der Waals surface area contributed by atoms with Gasteiger partial charge in [0.15, 0.2) is 0 Å². The van der Waals surface area contributed by atoms with Crippen molar-refractivity contribution in [1.29, 1.82) is 0 Å². The Hall–Kier alpha value is -2.21. The second kappa shape index (κ2) is 6.12. The summed E-state index contributed by atoms with van der Waals surface area (Å²) in [7, 11) is 0. The molecule has 118 valence electrons. The summed E-state index contributed by atoms with van der Waals surface area (Å²) in [5.41, 5.74) is 1.19. The molecule has 1 N–H and O–H groups in total. The van der Waals surface area contributed by atoms with Crippen LogP contribution in [0.4, 0.5) is 11.6 Å². The molecule has 0 aliphatic carbocycles. The molecule has 0 spiro atoms. The van der Waals surface area contributed by atoms with Crippen LogP contribution in [0.2, 0.25) is 0 Å². The first-order valence-corrected chi connectivity index (χ1v) is 8.77. The molecule has 3 aromatic rings. The number of anilines is 2. The summed E-state index contributed by atoms with van der Waals surface area (Å²) < 4.78 is 0. The lowest BCUT2D eigenvalue weighted by Gasteiger charge is -2.18. The Kier molecular flexibility index (Phi) is 3.83. The summed E-state index contributed by atoms with van der Waals surface area (Å²) in [6.07, 6.45) is 4.75. The number of nitrogens with one attached hydrogen (secondary N) is 1. The van der Waals surface area contributed by atoms with Gasteiger partial charge in [-0.25, -0.2) is 15.0 Å². The van der Waals surface area contributed by atoms with Crippen molar-refractivity contribution in [3.05, 3.63) is 41.7 Å². The van der Waals surface area contributed by atoms with Gasteiger partial charge < -0.3 is 10.2 Å². The van der Waals surface area contributed by atoms with Crippen molar-refractivity contribution in [2.24, 2.45) is 5.92 Å². The first-order valence-electron chi connectivity index (χ1n) is 7.89. The predicted octanol–water partition coefficient (Wildman–Crippen LogP) is 3.33. The maximum Gasteiger partial charge on any atom is 0.140 e. The maximum absolute atomic E-state index is 4.51. The van der Waals surface area contributed by atoms with Crippen molar-refractivity contribution in [2.45, 2.75) is 13.3 Å². The minimum Gasteiger partial charge on any atom is -0.370 e. The highest BCUT2D eigenvalue weighted by Gasteiger charge is 2.25. The Morgan fingerprint density at radius 1 is 1.26 bits per heavy atom. The lowest BCUT2D eigenvalue weighted by molar-refractivity contribution is 0.621. The molecular weight excluding hydrogens is 306 g/mol. The Bertz CT molecular complexity index is 798. The van der Waals surface area contributed by atoms with Gasteiger partial charge in [0.2, 0.25) is 0 Å². The minimum atomic E-state index is 0.613. The van der Waals surface area contributed by atoms with E-state index in [9.17, 15) is 0 Å². The van der Waals surface area contributed by atoms with Crippen LogP contribution in [0.3, 0.4) is 0 Å². The fourth-order valence-electron chi connectivity index (χ4n) is 3.04. The van der Waals surface area contributed by atoms with Crippen LogP contribution in [-0.2, 0) is 0 Å². The molecule has 0 amide bonds. The van der Waals surface area contributed by atoms with E-state index < -0.39 is 0 Å². The van der Waals surface area contributed by atoms with Gasteiger partial charge in [-0.3, -0.25) is 0 Å². The third kappa shape index (κ3) is 2.99. The van der Waals surface area contributed by atoms with Gasteiger partial charge in [-0.1, -0.05) is 6.07 Å². The van der Waals surface area contributed by atoms with Crippen molar-refractivity contribution in [3.8, 4) is 0 Å². The monoisotopic (exact) mass is 325 g/mol. The molecule has 1 saturated heterocycles. The largest absolute Gasteiger partial charge is 0.370 e. The van der Waals surface area contributed by atoms with Crippen LogP contribution in [-0.4, -0.2) is 34.6 Å². The average molecular weight is 325 g/mol. The third-order valence-corrected chi connectivity index (χ3v) is 5.13. The molecule has 1 fully saturated rings. The third-order valence-electron chi connectivity index (χ3n) is 4.31. The van der Waals surface area contributed by atoms with Crippen LogP contribution in [0, 0.1) is 12.8 Å². The molecular formula is C17H19N5S. The zero-order valence-corrected chi connectivity index (χ0v) is 13.9. The van der Waals surface area contributed by atoms with Gasteiger partial charge in [-0.05, 0) is 42.3 Å². The number of aromatic nitrogens is 3. The highest BCUT2D eigenvalue weighted by molar-refractivity contribution is 7.16. The fraction of sp³-hybridized carbons (Fsp3) is 0.353. The summed E-state index contributed by atoms with van der Waals surface area (Å²) in [6.45, 7) is 5.08. The Labute approximate surface area is 139 Å². The standard InChI is InChI=1S/C17H19N5S/c1-12-2-3-15(18-8-12)19-9-13-4-6-22(10-13)16-14-5-7-23-17(14)21-11-20-16/h2-3,5,7-8,11,13H,4,6,9-10H2,1H3,(H,18,19). The summed E-state index contributed by atoms with van der Waals surface area (Å²) in [5, 5.41) is 6.71. The van der Waals surface area contributed by atoms with Crippen molar-refractivity contribution < 1.29 is 0 Å². The molecule has 1 atom stereocenters. The van der Waals surface area contributed by atoms with E-state index in [0.717, 1.165) is 36.1 Å². The number of rotatable bonds is 4. The second-order valence-corrected chi connectivity index (χ2v) is 6.93. The van der Waals surface area contributed by atoms with Crippen LogP contribution in [0.25, 0.3) is 10.2 Å². The van der Waals surface area contributed by atoms with Crippen LogP contribution >= 0.6 is 11.3 Å². The zero-order valence-electron chi connectivity index (χ0n) is 13.1. The molecule has 0 bridgehead atoms. The number of pyridine rings is 1. The topological polar surface area (TPSA) is 53.9 Å². The number of nitrogens with zero attached hydrogens (tertiary/aromatic N) is 4. The fourth-order valence-corrected chi connectivity index (χ4v) is 3.77. The zero-order chi connectivity index (χ0) is 15.6. The lowest BCUT2D eigenvalue weighted by Crippen LogP contribution is -2.23. The van der Waals surface area contributed by atoms with E-state index in [1.807, 2.05) is 12.3 Å². The normalized spacial score (nSPS) is 17.8. The number of thiophene rings is 1. The predicted molar refractivity (Wildman–Crippen MR) is 95.2 cm³/mol. The lowest BCUT2D eigenvalue weighted by atomic mass is 10.1. The molecule has 23 heavy (non-hydrogen) atoms. The van der Waals surface area contributed by atoms with Gasteiger partial charge in [0, 0.05) is 25.8 Å². The molecule has 4 heterocycles. The van der Waals surface area contributed by atoms with Crippen molar-refractivity contribution in [1.82, 2.24) is 15.0 Å². The van der Waals surface area contributed by atoms with Gasteiger partial charge >= 0.3 is 0 Å². The smallest absolute Gasteiger partial charge is 0.140 e. The Morgan fingerprint density at radius 2 is 2.22 bits per heavy atom. The molecule has 6 heteroatoms. The van der Waals surface area contributed by atoms with Crippen molar-refractivity contribution in [3.63, 3.8) is 0 Å². The van der Waals surface area contributed by atoms with Crippen LogP contribution in [0.1, 0.15) is 12.0 Å². The molecule has 0 aromatic carbocycles. The first kappa shape index (κ1) is 14.4. The quantitative estimate of drug-likeness (QED) is 0.797. The molecule has 1 aliphatic heterocycles. The summed E-state index contributed by atoms with van der Waals surface area (Å²) in [6, 6.07) is 6.25. The van der Waals surface area contributed by atoms with Crippen molar-refractivity contribution in [2.75, 3.05) is 29.9 Å². The number of hydrogen-bond acceptors (Lipinski definition) is 6.